The summed E-state index contributed by atoms with van der Waals surface area (Å²) in [7, 11) is 0. The van der Waals surface area contributed by atoms with E-state index in [1.54, 1.807) is 0 Å². The van der Waals surface area contributed by atoms with E-state index >= 15 is 0 Å². The number of hydrogen-bond acceptors (Lipinski definition) is 97. The Bertz CT molecular complexity index is 274. The monoisotopic (exact) mass is 2000 g/mol. The molecule has 0 aliphatic heterocycles. The standard InChI is InChI=1S/13CH4.K.97H3N.H/h13*1H4;;97*1H3;/q;;;;;;;;;;;;;+1;;;;;;;;;;;;;;;;;;;;;;;;;;;;;;;;;;;;;;;;;;;;;;;;;;;;;;;;;;;;;;;;;;;;;;;;;;;;;;;;;;;;;;;;;;;;;;;;;;-1/i/hD97. The fourth-order valence-corrected chi connectivity index (χ4v) is 0. The van der Waals surface area contributed by atoms with Gasteiger partial charge < -0.3 is 597 Å². The Morgan fingerprint density at radius 2 is 0.0541 bits per heavy atom. The molecule has 882 valence electrons. The Kier molecular flexibility index (Phi) is 309000. The molecule has 98 heteroatoms. The van der Waals surface area contributed by atoms with Gasteiger partial charge in [0, 0.05) is 0 Å². The van der Waals surface area contributed by atoms with Crippen molar-refractivity contribution in [2.45, 2.75) is 96.5 Å². The van der Waals surface area contributed by atoms with E-state index in [1.165, 1.54) is 0 Å². The molecule has 0 aliphatic rings. The zero-order chi connectivity index (χ0) is 194. The molecule has 0 heterocycles. The second-order valence-corrected chi connectivity index (χ2v) is 0. The predicted octanol–water partition coefficient (Wildman–Crippen LogP) is 21.1. The van der Waals surface area contributed by atoms with E-state index in [-0.39, 0.29) is 149 Å². The molecule has 0 saturated heterocycles. The van der Waals surface area contributed by atoms with Crippen LogP contribution in [-0.4, -0.2) is 0 Å². The Morgan fingerprint density at radius 3 is 0.0541 bits per heavy atom. The molecule has 0 spiro atoms. The first-order valence-corrected chi connectivity index (χ1v) is 0. The van der Waals surface area contributed by atoms with Crippen LogP contribution in [0.1, 0.15) is 98.0 Å². The molecule has 97 nitrogen and oxygen atoms in total. The molecule has 0 unspecified atom stereocenters. The van der Waals surface area contributed by atoms with Gasteiger partial charge in [0.1, 0.15) is 137 Å². The fraction of sp³-hybridized carbons (Fsp3) is 1.00. The largest absolute Gasteiger partial charge is 1.00 e. The maximum atomic E-state index is 5.25. The van der Waals surface area contributed by atoms with E-state index in [4.69, 9.17) is 137 Å². The average molecular weight is 2000 g/mol. The van der Waals surface area contributed by atoms with Gasteiger partial charge in [-0.15, -0.1) is 0 Å². The third-order valence-electron chi connectivity index (χ3n) is 0. The smallest absolute Gasteiger partial charge is 1.00 e. The Morgan fingerprint density at radius 1 is 0.0541 bits per heavy atom. The maximum Gasteiger partial charge on any atom is 1.00 e. The van der Waals surface area contributed by atoms with Gasteiger partial charge in [-0.1, -0.05) is 96.5 Å². The first-order valence-electron chi connectivity index (χ1n) is 56.0. The van der Waals surface area contributed by atoms with E-state index in [0.29, 0.717) is 0 Å². The molecule has 111 heavy (non-hydrogen) atoms. The molecule has 0 amide bonds. The Hall–Kier alpha value is -2.24. The van der Waals surface area contributed by atoms with Gasteiger partial charge in [0.2, 0.25) is 0 Å². The normalized spacial score (nSPS) is 6.12. The van der Waals surface area contributed by atoms with Crippen LogP contribution in [0.5, 0.6) is 0 Å². The minimum Gasteiger partial charge on any atom is -1.00 e. The van der Waals surface area contributed by atoms with Crippen molar-refractivity contribution in [3.05, 3.63) is 0 Å². The van der Waals surface area contributed by atoms with Gasteiger partial charge in [0.05, 0.1) is 0 Å². The van der Waals surface area contributed by atoms with Crippen LogP contribution in [0.3, 0.4) is 0 Å². The number of hydrogen-bond donors (Lipinski definition) is 97. The van der Waals surface area contributed by atoms with Crippen LogP contribution >= 0.6 is 0 Å². The molecule has 0 aromatic carbocycles. The predicted molar refractivity (Wildman–Crippen MR) is 576 cm³/mol. The Labute approximate surface area is 885 Å². The molecule has 0 radical (unpaired) electrons. The van der Waals surface area contributed by atoms with Crippen LogP contribution in [0.4, 0.5) is 0 Å². The summed E-state index contributed by atoms with van der Waals surface area (Å²) in [5.41, 5.74) is 0. The molecule has 0 bridgehead atoms. The summed E-state index contributed by atoms with van der Waals surface area (Å²) in [6, 6.07) is 0. The van der Waals surface area contributed by atoms with E-state index in [0.717, 1.165) is 0 Å². The topological polar surface area (TPSA) is 3400 Å². The third kappa shape index (κ3) is 239000. The summed E-state index contributed by atoms with van der Waals surface area (Å²) in [6.45, 7) is 0. The zero-order valence-electron chi connectivity index (χ0n) is 155. The SMILES string of the molecule is C.C.C.C.C.C.C.C.C.C.C.C.C.[2H]N.[2H]N.[2H]N.[2H]N.[2H]N.[2H]N.[2H]N.[2H]N.[2H]N.[2H]N.[2H]N.[2H]N.[2H]N.[2H]N.[2H]N.[2H]N.[2H]N.[2H]N.[2H]N.[2H]N.[2H]N.[2H]N.[2H]N.[2H]N.[2H]N.[2H]N.[2H]N.[2H]N.[2H]N.[2H]N.[2H]N.[2H]N.[2H]N.[2H]N.[2H]N.[2H]N.[2H]N.[2H]N.[2H]N.[2H]N.[2H]N.[2H]N.[2H]N.[2H]N.[2H]N.[2H]N.[2H]N.[2H]N.[2H]N.[2H]N.[2H]N.[2H]N.[2H]N.[2H]N.[2H]N.[2H]N.[2H]N.[2H]N.[2H]N.[2H]N.[2H]N.[2H]N.[2H]N.[2H]N.[2H]N.[2H]N.[2H]N.[2H]N.[2H]N.[2H]N.[2H]N.[2H]N.[2H]N.[2H]N.[2H]N.[2H]N.[2H]N.[2H]N.[2H]N.[2H]N.[2H]N.[2H]N.[2H]N.[2H]N.[2H]N.[2H]N.[2H]N.[2H]N.[2H]N.[2H]N.[2H]N.[2H]N.[2H]N.[2H]N.[2H]N.[2H]N.[2H]N.[H-].[K+]. The van der Waals surface area contributed by atoms with Crippen molar-refractivity contribution in [3.63, 3.8) is 0 Å². The summed E-state index contributed by atoms with van der Waals surface area (Å²) in [5, 5.41) is 0. The summed E-state index contributed by atoms with van der Waals surface area (Å²) < 4.78 is 509. The molecule has 291 N–H and O–H groups in total. The minimum atomic E-state index is 0. The minimum absolute atomic E-state index is 0. The molecular weight excluding hydrogens is 1550 g/mol. The van der Waals surface area contributed by atoms with Crippen LogP contribution < -0.4 is 647 Å². The molecule has 0 rings (SSSR count). The van der Waals surface area contributed by atoms with Crippen molar-refractivity contribution in [1.29, 1.82) is 0 Å². The molecule has 0 aliphatic carbocycles. The van der Waals surface area contributed by atoms with Crippen molar-refractivity contribution in [3.8, 4) is 0 Å². The second kappa shape index (κ2) is 244000. The van der Waals surface area contributed by atoms with Crippen molar-refractivity contribution in [2.24, 2.45) is 0 Å². The van der Waals surface area contributed by atoms with Gasteiger partial charge in [-0.25, -0.2) is 0 Å². The third-order valence-corrected chi connectivity index (χ3v) is 0. The van der Waals surface area contributed by atoms with E-state index in [9.17, 15) is 0 Å². The van der Waals surface area contributed by atoms with Crippen molar-refractivity contribution >= 4 is 0 Å². The first-order chi connectivity index (χ1) is 97.0. The van der Waals surface area contributed by atoms with Gasteiger partial charge in [0.15, 0.2) is 0 Å². The molecular formula is C13H344KN97. The van der Waals surface area contributed by atoms with Crippen molar-refractivity contribution < 1.29 is 190 Å². The van der Waals surface area contributed by atoms with Crippen LogP contribution in [0.25, 0.3) is 0 Å². The molecule has 0 saturated carbocycles. The molecule has 0 fully saturated rings. The fourth-order valence-electron chi connectivity index (χ4n) is 0. The van der Waals surface area contributed by atoms with Gasteiger partial charge in [-0.3, -0.25) is 0 Å². The van der Waals surface area contributed by atoms with Crippen molar-refractivity contribution in [1.82, 2.24) is 596 Å². The molecule has 0 aromatic rings. The summed E-state index contributed by atoms with van der Waals surface area (Å²) >= 11 is 0. The summed E-state index contributed by atoms with van der Waals surface area (Å²) in [6.07, 6.45) is 364. The first kappa shape index (κ1) is 141. The molecule has 0 aromatic heterocycles. The van der Waals surface area contributed by atoms with E-state index in [1.807, 2.05) is 0 Å². The van der Waals surface area contributed by atoms with Crippen LogP contribution in [0.2, 0.25) is 137 Å². The maximum absolute atomic E-state index is 5.25. The Balaban J connectivity index is -0.00000000413. The van der Waals surface area contributed by atoms with E-state index in [2.05, 4.69) is 596 Å². The van der Waals surface area contributed by atoms with Crippen molar-refractivity contribution in [2.75, 3.05) is 0 Å². The second-order valence-electron chi connectivity index (χ2n) is 0. The van der Waals surface area contributed by atoms with Crippen LogP contribution in [-0.2, 0) is 0 Å². The van der Waals surface area contributed by atoms with Gasteiger partial charge in [-0.2, -0.15) is 0 Å². The summed E-state index contributed by atoms with van der Waals surface area (Å²) in [4.78, 5) is 0. The van der Waals surface area contributed by atoms with Gasteiger partial charge in [-0.05, 0) is 0 Å². The number of rotatable bonds is 0. The molecule has 0 atom stereocenters. The quantitative estimate of drug-likeness (QED) is 0.100. The van der Waals surface area contributed by atoms with E-state index < -0.39 is 0 Å². The summed E-state index contributed by atoms with van der Waals surface area (Å²) in [5.74, 6) is 0. The van der Waals surface area contributed by atoms with Crippen LogP contribution in [0, 0.1) is 0 Å². The zero-order valence-corrected chi connectivity index (χ0v) is 60.1. The average Bonchev–Trinajstić information content (AvgIpc) is 4.35. The van der Waals surface area contributed by atoms with Gasteiger partial charge >= 0.3 is 51.4 Å². The van der Waals surface area contributed by atoms with Gasteiger partial charge in [0.25, 0.3) is 0 Å². The van der Waals surface area contributed by atoms with Crippen LogP contribution in [0.15, 0.2) is 0 Å².